The summed E-state index contributed by atoms with van der Waals surface area (Å²) in [5.74, 6) is -0.0186. The molecule has 4 heteroatoms. The lowest BCUT2D eigenvalue weighted by atomic mass is 10.2. The Balaban J connectivity index is 2.53. The minimum atomic E-state index is -0.0239. The predicted octanol–water partition coefficient (Wildman–Crippen LogP) is 1.09. The third-order valence-electron chi connectivity index (χ3n) is 2.44. The number of nitrogens with one attached hydrogen (secondary N) is 1. The molecule has 0 aliphatic rings. The Bertz CT molecular complexity index is 402. The Labute approximate surface area is 102 Å². The van der Waals surface area contributed by atoms with E-state index < -0.39 is 0 Å². The highest BCUT2D eigenvalue weighted by molar-refractivity contribution is 5.93. The summed E-state index contributed by atoms with van der Waals surface area (Å²) in [4.78, 5) is 22.7. The molecule has 0 aliphatic carbocycles. The third-order valence-corrected chi connectivity index (χ3v) is 2.44. The molecule has 0 atom stereocenters. The monoisotopic (exact) mass is 235 g/mol. The van der Waals surface area contributed by atoms with E-state index in [4.69, 9.17) is 0 Å². The summed E-state index contributed by atoms with van der Waals surface area (Å²) >= 11 is 0. The highest BCUT2D eigenvalue weighted by atomic mass is 16.2. The molecule has 0 saturated carbocycles. The molecule has 4 nitrogen and oxygen atoms in total. The molecule has 0 spiro atoms. The molecule has 1 amide bonds. The van der Waals surface area contributed by atoms with Crippen molar-refractivity contribution in [3.8, 4) is 0 Å². The molecular formula is C13H19N2O2+. The number of Topliss-reactive ketones (excluding diaryl/α,β-unsaturated/α-hetero) is 1. The molecule has 0 aromatic carbocycles. The van der Waals surface area contributed by atoms with Gasteiger partial charge >= 0.3 is 0 Å². The number of unbranched alkanes of at least 4 members (excludes halogenated alkanes) is 1. The zero-order valence-corrected chi connectivity index (χ0v) is 10.4. The van der Waals surface area contributed by atoms with Crippen molar-refractivity contribution in [2.45, 2.75) is 33.2 Å². The van der Waals surface area contributed by atoms with Crippen LogP contribution in [-0.4, -0.2) is 18.2 Å². The first-order valence-electron chi connectivity index (χ1n) is 5.90. The minimum absolute atomic E-state index is 0.00532. The number of carbonyl (C=O) groups excluding carboxylic acids is 2. The lowest BCUT2D eigenvalue weighted by Crippen LogP contribution is -2.43. The molecule has 1 heterocycles. The quantitative estimate of drug-likeness (QED) is 0.456. The Morgan fingerprint density at radius 1 is 1.41 bits per heavy atom. The second-order valence-electron chi connectivity index (χ2n) is 4.02. The molecule has 0 radical (unpaired) electrons. The summed E-state index contributed by atoms with van der Waals surface area (Å²) in [6, 6.07) is 3.52. The summed E-state index contributed by atoms with van der Waals surface area (Å²) < 4.78 is 1.72. The molecule has 0 unspecified atom stereocenters. The largest absolute Gasteiger partial charge is 0.351 e. The van der Waals surface area contributed by atoms with Crippen molar-refractivity contribution in [1.82, 2.24) is 5.32 Å². The first-order valence-corrected chi connectivity index (χ1v) is 5.90. The van der Waals surface area contributed by atoms with Crippen molar-refractivity contribution in [1.29, 1.82) is 0 Å². The lowest BCUT2D eigenvalue weighted by molar-refractivity contribution is -0.684. The van der Waals surface area contributed by atoms with Gasteiger partial charge in [-0.25, -0.2) is 0 Å². The van der Waals surface area contributed by atoms with Crippen LogP contribution in [0.2, 0.25) is 0 Å². The number of nitrogens with zero attached hydrogens (tertiary/aromatic N) is 1. The van der Waals surface area contributed by atoms with Crippen LogP contribution in [0.15, 0.2) is 24.5 Å². The number of pyridine rings is 1. The van der Waals surface area contributed by atoms with Crippen molar-refractivity contribution in [3.05, 3.63) is 30.1 Å². The van der Waals surface area contributed by atoms with Crippen LogP contribution >= 0.6 is 0 Å². The highest BCUT2D eigenvalue weighted by Gasteiger charge is 2.10. The Kier molecular flexibility index (Phi) is 5.33. The van der Waals surface area contributed by atoms with E-state index in [0.29, 0.717) is 12.1 Å². The van der Waals surface area contributed by atoms with Gasteiger partial charge in [0.2, 0.25) is 6.54 Å². The molecule has 17 heavy (non-hydrogen) atoms. The summed E-state index contributed by atoms with van der Waals surface area (Å²) in [7, 11) is 0. The van der Waals surface area contributed by atoms with Gasteiger partial charge in [-0.1, -0.05) is 13.3 Å². The van der Waals surface area contributed by atoms with E-state index in [9.17, 15) is 9.59 Å². The van der Waals surface area contributed by atoms with Crippen molar-refractivity contribution >= 4 is 11.7 Å². The van der Waals surface area contributed by atoms with E-state index in [1.807, 2.05) is 0 Å². The van der Waals surface area contributed by atoms with Crippen LogP contribution in [0.3, 0.4) is 0 Å². The summed E-state index contributed by atoms with van der Waals surface area (Å²) in [6.07, 6.45) is 5.53. The molecule has 0 aliphatic heterocycles. The summed E-state index contributed by atoms with van der Waals surface area (Å²) in [5, 5.41) is 2.84. The van der Waals surface area contributed by atoms with Gasteiger partial charge in [-0.15, -0.1) is 0 Å². The van der Waals surface area contributed by atoms with E-state index in [1.54, 1.807) is 29.1 Å². The zero-order chi connectivity index (χ0) is 12.7. The Morgan fingerprint density at radius 2 is 2.18 bits per heavy atom. The van der Waals surface area contributed by atoms with Gasteiger partial charge in [-0.3, -0.25) is 9.59 Å². The van der Waals surface area contributed by atoms with Crippen LogP contribution in [0.1, 0.15) is 37.0 Å². The molecule has 1 aromatic rings. The first kappa shape index (κ1) is 13.4. The second kappa shape index (κ2) is 6.78. The number of rotatable bonds is 6. The first-order chi connectivity index (χ1) is 8.13. The van der Waals surface area contributed by atoms with Crippen LogP contribution in [0.4, 0.5) is 0 Å². The normalized spacial score (nSPS) is 10.0. The fraction of sp³-hybridized carbons (Fsp3) is 0.462. The van der Waals surface area contributed by atoms with Crippen molar-refractivity contribution in [2.24, 2.45) is 0 Å². The van der Waals surface area contributed by atoms with Crippen molar-refractivity contribution in [3.63, 3.8) is 0 Å². The molecule has 1 N–H and O–H groups in total. The third kappa shape index (κ3) is 4.76. The van der Waals surface area contributed by atoms with Crippen LogP contribution < -0.4 is 9.88 Å². The number of amides is 1. The van der Waals surface area contributed by atoms with Gasteiger partial charge in [0.05, 0.1) is 5.56 Å². The number of ketones is 1. The average molecular weight is 235 g/mol. The van der Waals surface area contributed by atoms with E-state index in [0.717, 1.165) is 12.8 Å². The molecule has 0 fully saturated rings. The lowest BCUT2D eigenvalue weighted by Gasteiger charge is -2.01. The van der Waals surface area contributed by atoms with E-state index >= 15 is 0 Å². The zero-order valence-electron chi connectivity index (χ0n) is 10.4. The summed E-state index contributed by atoms with van der Waals surface area (Å²) in [6.45, 7) is 4.56. The van der Waals surface area contributed by atoms with Gasteiger partial charge < -0.3 is 5.32 Å². The van der Waals surface area contributed by atoms with Crippen LogP contribution in [0.5, 0.6) is 0 Å². The molecule has 0 saturated heterocycles. The molecule has 1 aromatic heterocycles. The van der Waals surface area contributed by atoms with Crippen LogP contribution in [0.25, 0.3) is 0 Å². The molecule has 92 valence electrons. The van der Waals surface area contributed by atoms with Gasteiger partial charge in [0.15, 0.2) is 18.2 Å². The van der Waals surface area contributed by atoms with Crippen LogP contribution in [-0.2, 0) is 11.3 Å². The van der Waals surface area contributed by atoms with Crippen molar-refractivity contribution < 1.29 is 14.2 Å². The number of aromatic nitrogens is 1. The number of hydrogen-bond acceptors (Lipinski definition) is 2. The summed E-state index contributed by atoms with van der Waals surface area (Å²) in [5.41, 5.74) is 0.619. The van der Waals surface area contributed by atoms with Crippen LogP contribution in [0, 0.1) is 0 Å². The van der Waals surface area contributed by atoms with Gasteiger partial charge in [0, 0.05) is 12.6 Å². The minimum Gasteiger partial charge on any atom is -0.351 e. The van der Waals surface area contributed by atoms with Crippen molar-refractivity contribution in [2.75, 3.05) is 6.54 Å². The molecular weight excluding hydrogens is 216 g/mol. The maximum Gasteiger partial charge on any atom is 0.285 e. The highest BCUT2D eigenvalue weighted by Crippen LogP contribution is 1.94. The van der Waals surface area contributed by atoms with Gasteiger partial charge in [0.1, 0.15) is 0 Å². The smallest absolute Gasteiger partial charge is 0.285 e. The fourth-order valence-electron chi connectivity index (χ4n) is 1.45. The Hall–Kier alpha value is -1.71. The molecule has 1 rings (SSSR count). The molecule has 0 bridgehead atoms. The maximum atomic E-state index is 11.6. The standard InChI is InChI=1S/C13H18N2O2/c1-3-4-7-14-13(17)10-15-8-5-6-12(9-15)11(2)16/h5-6,8-9H,3-4,7,10H2,1-2H3/p+1. The predicted molar refractivity (Wildman–Crippen MR) is 64.6 cm³/mol. The van der Waals surface area contributed by atoms with Gasteiger partial charge in [0.25, 0.3) is 5.91 Å². The number of hydrogen-bond donors (Lipinski definition) is 1. The second-order valence-corrected chi connectivity index (χ2v) is 4.02. The van der Waals surface area contributed by atoms with Gasteiger partial charge in [-0.2, -0.15) is 4.57 Å². The van der Waals surface area contributed by atoms with Gasteiger partial charge in [-0.05, 0) is 19.4 Å². The fourth-order valence-corrected chi connectivity index (χ4v) is 1.45. The Morgan fingerprint density at radius 3 is 2.82 bits per heavy atom. The van der Waals surface area contributed by atoms with E-state index in [2.05, 4.69) is 12.2 Å². The SMILES string of the molecule is CCCCNC(=O)C[n+]1cccc(C(C)=O)c1. The topological polar surface area (TPSA) is 50.1 Å². The number of carbonyl (C=O) groups is 2. The average Bonchev–Trinajstić information content (AvgIpc) is 2.29. The van der Waals surface area contributed by atoms with E-state index in [-0.39, 0.29) is 18.2 Å². The maximum absolute atomic E-state index is 11.6. The van der Waals surface area contributed by atoms with E-state index in [1.165, 1.54) is 6.92 Å².